The molecule has 1 unspecified atom stereocenters. The van der Waals surface area contributed by atoms with Crippen LogP contribution in [-0.4, -0.2) is 37.3 Å². The predicted octanol–water partition coefficient (Wildman–Crippen LogP) is 6.70. The van der Waals surface area contributed by atoms with E-state index in [1.54, 1.807) is 20.8 Å². The van der Waals surface area contributed by atoms with Crippen LogP contribution in [0.1, 0.15) is 31.9 Å². The molecule has 5 aromatic rings. The van der Waals surface area contributed by atoms with E-state index in [-0.39, 0.29) is 10.9 Å². The number of aromatic nitrogens is 3. The third kappa shape index (κ3) is 4.20. The van der Waals surface area contributed by atoms with Gasteiger partial charge in [0.15, 0.2) is 0 Å². The number of carbonyl (C=O) groups is 1. The summed E-state index contributed by atoms with van der Waals surface area (Å²) in [6.45, 7) is 5.04. The minimum atomic E-state index is -5.12. The summed E-state index contributed by atoms with van der Waals surface area (Å²) in [5, 5.41) is 16.0. The smallest absolute Gasteiger partial charge is 0.425 e. The average molecular weight is 526 g/mol. The Labute approximate surface area is 214 Å². The Morgan fingerprint density at radius 2 is 1.66 bits per heavy atom. The Hall–Kier alpha value is -4.18. The zero-order chi connectivity index (χ0) is 27.5. The van der Waals surface area contributed by atoms with Crippen molar-refractivity contribution in [3.63, 3.8) is 0 Å². The standard InChI is InChI=1S/C28H23F4N3O3/c1-26(2,3)38-25(36)34-14-13-21-22(5-4-6-24(21)34)27(37,28(30,31)32)18-7-12-23-17(15-18)16-33-35(23)20-10-8-19(29)9-11-20/h4-16,37H,1-3H3. The first kappa shape index (κ1) is 25.5. The molecule has 6 nitrogen and oxygen atoms in total. The summed E-state index contributed by atoms with van der Waals surface area (Å²) in [4.78, 5) is 12.7. The van der Waals surface area contributed by atoms with Crippen LogP contribution in [0.15, 0.2) is 79.1 Å². The molecule has 196 valence electrons. The number of aliphatic hydroxyl groups is 1. The number of ether oxygens (including phenoxy) is 1. The molecule has 0 fully saturated rings. The van der Waals surface area contributed by atoms with Crippen LogP contribution >= 0.6 is 0 Å². The zero-order valence-electron chi connectivity index (χ0n) is 20.6. The molecule has 1 N–H and O–H groups in total. The van der Waals surface area contributed by atoms with Crippen molar-refractivity contribution in [3.8, 4) is 5.69 Å². The first-order chi connectivity index (χ1) is 17.8. The van der Waals surface area contributed by atoms with E-state index >= 15 is 0 Å². The first-order valence-corrected chi connectivity index (χ1v) is 11.7. The highest BCUT2D eigenvalue weighted by Gasteiger charge is 2.57. The number of benzene rings is 3. The lowest BCUT2D eigenvalue weighted by atomic mass is 9.83. The SMILES string of the molecule is CC(C)(C)OC(=O)n1ccc2c(C(O)(c3ccc4c(cnn4-c4ccc(F)cc4)c3)C(F)(F)F)cccc21. The Bertz CT molecular complexity index is 1660. The highest BCUT2D eigenvalue weighted by Crippen LogP contribution is 2.47. The molecule has 0 saturated heterocycles. The van der Waals surface area contributed by atoms with E-state index < -0.39 is 40.4 Å². The molecule has 0 saturated carbocycles. The molecule has 5 rings (SSSR count). The molecule has 0 bridgehead atoms. The minimum absolute atomic E-state index is 0.0419. The molecule has 0 radical (unpaired) electrons. The zero-order valence-corrected chi connectivity index (χ0v) is 20.6. The summed E-state index contributed by atoms with van der Waals surface area (Å²) >= 11 is 0. The van der Waals surface area contributed by atoms with Crippen molar-refractivity contribution < 1.29 is 32.2 Å². The Morgan fingerprint density at radius 1 is 0.947 bits per heavy atom. The van der Waals surface area contributed by atoms with Gasteiger partial charge in [0.2, 0.25) is 5.60 Å². The molecule has 10 heteroatoms. The number of nitrogens with zero attached hydrogens (tertiary/aromatic N) is 3. The van der Waals surface area contributed by atoms with E-state index in [0.29, 0.717) is 16.6 Å². The van der Waals surface area contributed by atoms with Crippen molar-refractivity contribution in [2.75, 3.05) is 0 Å². The fourth-order valence-corrected chi connectivity index (χ4v) is 4.47. The van der Waals surface area contributed by atoms with Gasteiger partial charge in [0, 0.05) is 22.5 Å². The molecule has 0 aliphatic rings. The Balaban J connectivity index is 1.65. The van der Waals surface area contributed by atoms with Gasteiger partial charge in [-0.15, -0.1) is 0 Å². The fourth-order valence-electron chi connectivity index (χ4n) is 4.47. The molecular formula is C28H23F4N3O3. The lowest BCUT2D eigenvalue weighted by Crippen LogP contribution is -2.43. The van der Waals surface area contributed by atoms with Gasteiger partial charge in [0.05, 0.1) is 22.9 Å². The summed E-state index contributed by atoms with van der Waals surface area (Å²) in [5.74, 6) is -0.433. The lowest BCUT2D eigenvalue weighted by Gasteiger charge is -2.32. The average Bonchev–Trinajstić information content (AvgIpc) is 3.46. The van der Waals surface area contributed by atoms with E-state index in [1.165, 1.54) is 83.8 Å². The van der Waals surface area contributed by atoms with Crippen LogP contribution in [0.3, 0.4) is 0 Å². The predicted molar refractivity (Wildman–Crippen MR) is 134 cm³/mol. The van der Waals surface area contributed by atoms with Gasteiger partial charge in [-0.1, -0.05) is 18.2 Å². The lowest BCUT2D eigenvalue weighted by molar-refractivity contribution is -0.247. The van der Waals surface area contributed by atoms with E-state index in [2.05, 4.69) is 5.10 Å². The normalized spacial score (nSPS) is 14.1. The number of hydrogen-bond acceptors (Lipinski definition) is 4. The number of fused-ring (bicyclic) bond motifs is 2. The van der Waals surface area contributed by atoms with Crippen molar-refractivity contribution in [1.29, 1.82) is 0 Å². The van der Waals surface area contributed by atoms with Gasteiger partial charge in [-0.3, -0.25) is 4.57 Å². The number of rotatable bonds is 3. The first-order valence-electron chi connectivity index (χ1n) is 11.7. The quantitative estimate of drug-likeness (QED) is 0.266. The van der Waals surface area contributed by atoms with Gasteiger partial charge in [-0.25, -0.2) is 13.9 Å². The molecule has 2 heterocycles. The summed E-state index contributed by atoms with van der Waals surface area (Å²) in [6.07, 6.45) is -3.18. The molecule has 38 heavy (non-hydrogen) atoms. The highest BCUT2D eigenvalue weighted by atomic mass is 19.4. The molecule has 0 spiro atoms. The summed E-state index contributed by atoms with van der Waals surface area (Å²) in [7, 11) is 0. The molecular weight excluding hydrogens is 502 g/mol. The Kier molecular flexibility index (Phi) is 5.83. The van der Waals surface area contributed by atoms with E-state index in [4.69, 9.17) is 4.74 Å². The van der Waals surface area contributed by atoms with Crippen LogP contribution in [-0.2, 0) is 10.3 Å². The van der Waals surface area contributed by atoms with Crippen molar-refractivity contribution in [2.24, 2.45) is 0 Å². The number of hydrogen-bond donors (Lipinski definition) is 1. The van der Waals surface area contributed by atoms with Gasteiger partial charge in [0.25, 0.3) is 0 Å². The van der Waals surface area contributed by atoms with E-state index in [9.17, 15) is 27.5 Å². The maximum atomic E-state index is 14.7. The van der Waals surface area contributed by atoms with Crippen molar-refractivity contribution in [2.45, 2.75) is 38.1 Å². The Morgan fingerprint density at radius 3 is 2.32 bits per heavy atom. The molecule has 0 aliphatic carbocycles. The molecule has 0 amide bonds. The second kappa shape index (κ2) is 8.70. The van der Waals surface area contributed by atoms with Crippen LogP contribution in [0.5, 0.6) is 0 Å². The summed E-state index contributed by atoms with van der Waals surface area (Å²) in [6, 6.07) is 14.7. The maximum absolute atomic E-state index is 14.7. The largest absolute Gasteiger partial charge is 0.443 e. The maximum Gasteiger partial charge on any atom is 0.425 e. The highest BCUT2D eigenvalue weighted by molar-refractivity contribution is 5.92. The van der Waals surface area contributed by atoms with Crippen LogP contribution in [0.25, 0.3) is 27.5 Å². The number of alkyl halides is 3. The van der Waals surface area contributed by atoms with Crippen molar-refractivity contribution in [3.05, 3.63) is 96.1 Å². The second-order valence-corrected chi connectivity index (χ2v) is 9.92. The molecule has 1 atom stereocenters. The van der Waals surface area contributed by atoms with Gasteiger partial charge >= 0.3 is 12.3 Å². The summed E-state index contributed by atoms with van der Waals surface area (Å²) in [5.41, 5.74) is -3.93. The van der Waals surface area contributed by atoms with Crippen LogP contribution in [0, 0.1) is 5.82 Å². The van der Waals surface area contributed by atoms with Crippen LogP contribution in [0.4, 0.5) is 22.4 Å². The number of halogens is 4. The fraction of sp³-hybridized carbons (Fsp3) is 0.214. The summed E-state index contributed by atoms with van der Waals surface area (Å²) < 4.78 is 65.4. The van der Waals surface area contributed by atoms with Crippen molar-refractivity contribution >= 4 is 27.9 Å². The van der Waals surface area contributed by atoms with Gasteiger partial charge in [-0.2, -0.15) is 18.3 Å². The number of carbonyl (C=O) groups excluding carboxylic acids is 1. The topological polar surface area (TPSA) is 69.3 Å². The van der Waals surface area contributed by atoms with E-state index in [0.717, 1.165) is 4.57 Å². The van der Waals surface area contributed by atoms with E-state index in [1.807, 2.05) is 0 Å². The molecule has 2 aromatic heterocycles. The molecule has 3 aromatic carbocycles. The van der Waals surface area contributed by atoms with Gasteiger partial charge in [-0.05, 0) is 74.9 Å². The van der Waals surface area contributed by atoms with Gasteiger partial charge < -0.3 is 9.84 Å². The van der Waals surface area contributed by atoms with Gasteiger partial charge in [0.1, 0.15) is 11.4 Å². The third-order valence-electron chi connectivity index (χ3n) is 6.18. The second-order valence-electron chi connectivity index (χ2n) is 9.92. The molecule has 0 aliphatic heterocycles. The van der Waals surface area contributed by atoms with Crippen LogP contribution < -0.4 is 0 Å². The minimum Gasteiger partial charge on any atom is -0.443 e. The third-order valence-corrected chi connectivity index (χ3v) is 6.18. The monoisotopic (exact) mass is 525 g/mol. The van der Waals surface area contributed by atoms with Crippen LogP contribution in [0.2, 0.25) is 0 Å². The van der Waals surface area contributed by atoms with Crippen molar-refractivity contribution in [1.82, 2.24) is 14.3 Å².